The highest BCUT2D eigenvalue weighted by atomic mass is 32.2. The molecule has 0 saturated heterocycles. The van der Waals surface area contributed by atoms with Crippen LogP contribution >= 0.6 is 0 Å². The van der Waals surface area contributed by atoms with Crippen LogP contribution in [-0.4, -0.2) is 24.3 Å². The summed E-state index contributed by atoms with van der Waals surface area (Å²) in [5.74, 6) is 0.125. The summed E-state index contributed by atoms with van der Waals surface area (Å²) in [5.41, 5.74) is 2.68. The number of anilines is 2. The summed E-state index contributed by atoms with van der Waals surface area (Å²) in [5, 5.41) is 2.76. The van der Waals surface area contributed by atoms with E-state index in [1.165, 1.54) is 24.5 Å². The van der Waals surface area contributed by atoms with Gasteiger partial charge in [-0.05, 0) is 36.8 Å². The number of hydrogen-bond acceptors (Lipinski definition) is 5. The highest BCUT2D eigenvalue weighted by molar-refractivity contribution is 7.92. The predicted octanol–water partition coefficient (Wildman–Crippen LogP) is 4.51. The molecule has 0 bridgehead atoms. The smallest absolute Gasteiger partial charge is 0.261 e. The highest BCUT2D eigenvalue weighted by Gasteiger charge is 2.16. The normalized spacial score (nSPS) is 11.0. The van der Waals surface area contributed by atoms with Gasteiger partial charge in [0.15, 0.2) is 5.82 Å². The Hall–Kier alpha value is -4.04. The van der Waals surface area contributed by atoms with Gasteiger partial charge in [0.25, 0.3) is 15.9 Å². The summed E-state index contributed by atoms with van der Waals surface area (Å²) in [6.45, 7) is 1.78. The summed E-state index contributed by atoms with van der Waals surface area (Å²) in [6, 6.07) is 22.6. The first-order valence-corrected chi connectivity index (χ1v) is 11.3. The van der Waals surface area contributed by atoms with Crippen LogP contribution in [0.25, 0.3) is 11.4 Å². The van der Waals surface area contributed by atoms with Crippen molar-refractivity contribution in [2.24, 2.45) is 0 Å². The van der Waals surface area contributed by atoms with E-state index < -0.39 is 15.9 Å². The van der Waals surface area contributed by atoms with E-state index in [1.807, 2.05) is 30.3 Å². The molecule has 0 unspecified atom stereocenters. The Morgan fingerprint density at radius 1 is 0.844 bits per heavy atom. The van der Waals surface area contributed by atoms with Crippen LogP contribution in [0.4, 0.5) is 11.4 Å². The molecule has 0 spiro atoms. The van der Waals surface area contributed by atoms with Crippen molar-refractivity contribution in [2.75, 3.05) is 10.0 Å². The van der Waals surface area contributed by atoms with Crippen LogP contribution in [-0.2, 0) is 10.0 Å². The molecule has 0 saturated carbocycles. The van der Waals surface area contributed by atoms with Crippen LogP contribution in [0.15, 0.2) is 96.2 Å². The van der Waals surface area contributed by atoms with Gasteiger partial charge in [0, 0.05) is 23.6 Å². The fraction of sp³-hybridized carbons (Fsp3) is 0.0417. The fourth-order valence-corrected chi connectivity index (χ4v) is 4.14. The van der Waals surface area contributed by atoms with Gasteiger partial charge in [-0.25, -0.2) is 18.4 Å². The van der Waals surface area contributed by atoms with Gasteiger partial charge < -0.3 is 5.32 Å². The van der Waals surface area contributed by atoms with Gasteiger partial charge in [0.1, 0.15) is 0 Å². The number of sulfonamides is 1. The summed E-state index contributed by atoms with van der Waals surface area (Å²) >= 11 is 0. The molecule has 0 fully saturated rings. The van der Waals surface area contributed by atoms with Crippen molar-refractivity contribution in [3.05, 3.63) is 102 Å². The molecule has 1 aromatic heterocycles. The SMILES string of the molecule is Cc1ccc(NC(=O)c2cnc(-c3ccccc3)nc2)cc1NS(=O)(=O)c1ccccc1. The van der Waals surface area contributed by atoms with E-state index in [9.17, 15) is 13.2 Å². The Balaban J connectivity index is 1.51. The highest BCUT2D eigenvalue weighted by Crippen LogP contribution is 2.24. The van der Waals surface area contributed by atoms with E-state index in [4.69, 9.17) is 0 Å². The van der Waals surface area contributed by atoms with E-state index in [1.54, 1.807) is 43.3 Å². The number of aryl methyl sites for hydroxylation is 1. The number of nitrogens with one attached hydrogen (secondary N) is 2. The average molecular weight is 445 g/mol. The van der Waals surface area contributed by atoms with Crippen molar-refractivity contribution >= 4 is 27.3 Å². The van der Waals surface area contributed by atoms with Gasteiger partial charge >= 0.3 is 0 Å². The number of benzene rings is 3. The Morgan fingerprint density at radius 2 is 1.47 bits per heavy atom. The maximum atomic E-state index is 12.6. The second-order valence-electron chi connectivity index (χ2n) is 7.06. The number of carbonyl (C=O) groups excluding carboxylic acids is 1. The third-order valence-corrected chi connectivity index (χ3v) is 6.12. The number of hydrogen-bond donors (Lipinski definition) is 2. The summed E-state index contributed by atoms with van der Waals surface area (Å²) in [4.78, 5) is 21.3. The van der Waals surface area contributed by atoms with E-state index >= 15 is 0 Å². The summed E-state index contributed by atoms with van der Waals surface area (Å²) in [7, 11) is -3.75. The van der Waals surface area contributed by atoms with Crippen molar-refractivity contribution in [1.82, 2.24) is 9.97 Å². The first-order chi connectivity index (χ1) is 15.4. The largest absolute Gasteiger partial charge is 0.322 e. The molecular weight excluding hydrogens is 424 g/mol. The van der Waals surface area contributed by atoms with Gasteiger partial charge in [-0.15, -0.1) is 0 Å². The first-order valence-electron chi connectivity index (χ1n) is 9.80. The zero-order valence-electron chi connectivity index (χ0n) is 17.2. The van der Waals surface area contributed by atoms with Gasteiger partial charge in [-0.3, -0.25) is 9.52 Å². The van der Waals surface area contributed by atoms with Gasteiger partial charge in [-0.1, -0.05) is 54.6 Å². The van der Waals surface area contributed by atoms with Crippen LogP contribution in [0.1, 0.15) is 15.9 Å². The number of aromatic nitrogens is 2. The lowest BCUT2D eigenvalue weighted by molar-refractivity contribution is 0.102. The van der Waals surface area contributed by atoms with Crippen molar-refractivity contribution in [2.45, 2.75) is 11.8 Å². The molecule has 2 N–H and O–H groups in total. The van der Waals surface area contributed by atoms with E-state index in [-0.39, 0.29) is 10.5 Å². The third kappa shape index (κ3) is 4.81. The predicted molar refractivity (Wildman–Crippen MR) is 124 cm³/mol. The Kier molecular flexibility index (Phi) is 5.96. The van der Waals surface area contributed by atoms with Gasteiger partial charge in [0.05, 0.1) is 16.1 Å². The molecule has 7 nitrogen and oxygen atoms in total. The minimum Gasteiger partial charge on any atom is -0.322 e. The van der Waals surface area contributed by atoms with Crippen LogP contribution < -0.4 is 10.0 Å². The minimum atomic E-state index is -3.75. The Bertz CT molecular complexity index is 1340. The molecule has 0 aliphatic heterocycles. The second kappa shape index (κ2) is 8.99. The number of nitrogens with zero attached hydrogens (tertiary/aromatic N) is 2. The molecule has 0 radical (unpaired) electrons. The summed E-state index contributed by atoms with van der Waals surface area (Å²) < 4.78 is 27.9. The van der Waals surface area contributed by atoms with Gasteiger partial charge in [-0.2, -0.15) is 0 Å². The average Bonchev–Trinajstić information content (AvgIpc) is 2.82. The molecule has 0 aliphatic carbocycles. The van der Waals surface area contributed by atoms with E-state index in [0.29, 0.717) is 17.2 Å². The molecule has 4 rings (SSSR count). The van der Waals surface area contributed by atoms with E-state index in [2.05, 4.69) is 20.0 Å². The minimum absolute atomic E-state index is 0.157. The zero-order chi connectivity index (χ0) is 22.6. The fourth-order valence-electron chi connectivity index (χ4n) is 3.00. The Morgan fingerprint density at radius 3 is 2.12 bits per heavy atom. The third-order valence-electron chi connectivity index (χ3n) is 4.74. The number of amides is 1. The molecule has 1 heterocycles. The molecule has 0 atom stereocenters. The molecule has 32 heavy (non-hydrogen) atoms. The van der Waals surface area contributed by atoms with Gasteiger partial charge in [0.2, 0.25) is 0 Å². The van der Waals surface area contributed by atoms with Crippen LogP contribution in [0.3, 0.4) is 0 Å². The molecule has 4 aromatic rings. The molecule has 160 valence electrons. The Labute approximate surface area is 186 Å². The number of rotatable bonds is 6. The monoisotopic (exact) mass is 444 g/mol. The molecular formula is C24H20N4O3S. The van der Waals surface area contributed by atoms with Crippen molar-refractivity contribution in [3.63, 3.8) is 0 Å². The lowest BCUT2D eigenvalue weighted by Crippen LogP contribution is -2.15. The summed E-state index contributed by atoms with van der Waals surface area (Å²) in [6.07, 6.45) is 2.91. The number of carbonyl (C=O) groups is 1. The molecule has 1 amide bonds. The first kappa shape index (κ1) is 21.2. The van der Waals surface area contributed by atoms with Crippen LogP contribution in [0.5, 0.6) is 0 Å². The topological polar surface area (TPSA) is 101 Å². The molecule has 3 aromatic carbocycles. The van der Waals surface area contributed by atoms with Crippen LogP contribution in [0, 0.1) is 6.92 Å². The lowest BCUT2D eigenvalue weighted by Gasteiger charge is -2.13. The lowest BCUT2D eigenvalue weighted by atomic mass is 10.2. The van der Waals surface area contributed by atoms with Crippen molar-refractivity contribution < 1.29 is 13.2 Å². The maximum Gasteiger partial charge on any atom is 0.261 e. The zero-order valence-corrected chi connectivity index (χ0v) is 18.0. The van der Waals surface area contributed by atoms with E-state index in [0.717, 1.165) is 11.1 Å². The van der Waals surface area contributed by atoms with Crippen molar-refractivity contribution in [3.8, 4) is 11.4 Å². The second-order valence-corrected chi connectivity index (χ2v) is 8.75. The maximum absolute atomic E-state index is 12.6. The van der Waals surface area contributed by atoms with Crippen LogP contribution in [0.2, 0.25) is 0 Å². The molecule has 0 aliphatic rings. The standard InChI is InChI=1S/C24H20N4O3S/c1-17-12-13-20(14-22(17)28-32(30,31)21-10-6-3-7-11-21)27-24(29)19-15-25-23(26-16-19)18-8-4-2-5-9-18/h2-16,28H,1H3,(H,27,29). The molecule has 8 heteroatoms. The quantitative estimate of drug-likeness (QED) is 0.456. The van der Waals surface area contributed by atoms with Crippen molar-refractivity contribution in [1.29, 1.82) is 0 Å².